The Morgan fingerprint density at radius 3 is 2.86 bits per heavy atom. The predicted molar refractivity (Wildman–Crippen MR) is 87.2 cm³/mol. The maximum absolute atomic E-state index is 5.62. The average Bonchev–Trinajstić information content (AvgIpc) is 2.48. The minimum absolute atomic E-state index is 0.0521. The van der Waals surface area contributed by atoms with Gasteiger partial charge in [-0.05, 0) is 60.3 Å². The van der Waals surface area contributed by atoms with E-state index in [0.717, 1.165) is 54.1 Å². The molecule has 1 atom stereocenters. The molecule has 0 amide bonds. The van der Waals surface area contributed by atoms with Gasteiger partial charge in [0.05, 0.1) is 24.8 Å². The molecule has 0 spiro atoms. The summed E-state index contributed by atoms with van der Waals surface area (Å²) >= 11 is 3.56. The van der Waals surface area contributed by atoms with Crippen molar-refractivity contribution in [3.8, 4) is 11.5 Å². The molecule has 1 aromatic rings. The Labute approximate surface area is 135 Å². The third-order valence-corrected chi connectivity index (χ3v) is 4.32. The van der Waals surface area contributed by atoms with Crippen LogP contribution in [-0.4, -0.2) is 32.5 Å². The van der Waals surface area contributed by atoms with Crippen LogP contribution >= 0.6 is 15.9 Å². The lowest BCUT2D eigenvalue weighted by Gasteiger charge is -2.34. The van der Waals surface area contributed by atoms with Gasteiger partial charge in [-0.15, -0.1) is 0 Å². The van der Waals surface area contributed by atoms with Crippen LogP contribution < -0.4 is 14.8 Å². The third-order valence-electron chi connectivity index (χ3n) is 3.74. The molecule has 0 aliphatic carbocycles. The zero-order valence-corrected chi connectivity index (χ0v) is 14.6. The Morgan fingerprint density at radius 2 is 2.24 bits per heavy atom. The molecule has 0 radical (unpaired) electrons. The molecule has 2 rings (SSSR count). The van der Waals surface area contributed by atoms with E-state index in [0.29, 0.717) is 6.61 Å². The quantitative estimate of drug-likeness (QED) is 0.845. The third kappa shape index (κ3) is 4.34. The van der Waals surface area contributed by atoms with E-state index in [1.54, 1.807) is 7.11 Å². The topological polar surface area (TPSA) is 39.7 Å². The second kappa shape index (κ2) is 7.47. The van der Waals surface area contributed by atoms with E-state index in [4.69, 9.17) is 14.2 Å². The Kier molecular flexibility index (Phi) is 5.90. The predicted octanol–water partition coefficient (Wildman–Crippen LogP) is 3.52. The van der Waals surface area contributed by atoms with E-state index in [9.17, 15) is 0 Å². The van der Waals surface area contributed by atoms with E-state index in [1.807, 2.05) is 13.0 Å². The standard InChI is InChI=1S/C16H24BrNO3/c1-4-21-15-13(17)8-12(9-14(15)19-3)10-18-16(2)6-5-7-20-11-16/h8-9,18H,4-7,10-11H2,1-3H3. The van der Waals surface area contributed by atoms with Gasteiger partial charge in [0.15, 0.2) is 11.5 Å². The summed E-state index contributed by atoms with van der Waals surface area (Å²) in [7, 11) is 1.66. The number of hydrogen-bond acceptors (Lipinski definition) is 4. The summed E-state index contributed by atoms with van der Waals surface area (Å²) in [6.45, 7) is 7.21. The lowest BCUT2D eigenvalue weighted by molar-refractivity contribution is 0.0278. The van der Waals surface area contributed by atoms with Crippen LogP contribution in [0.3, 0.4) is 0 Å². The summed E-state index contributed by atoms with van der Waals surface area (Å²) in [5.74, 6) is 1.52. The highest BCUT2D eigenvalue weighted by Crippen LogP contribution is 2.36. The molecule has 0 saturated carbocycles. The fraction of sp³-hybridized carbons (Fsp3) is 0.625. The van der Waals surface area contributed by atoms with Gasteiger partial charge in [-0.25, -0.2) is 0 Å². The molecule has 21 heavy (non-hydrogen) atoms. The zero-order chi connectivity index (χ0) is 15.3. The number of ether oxygens (including phenoxy) is 3. The number of benzene rings is 1. The van der Waals surface area contributed by atoms with Crippen LogP contribution in [0.5, 0.6) is 11.5 Å². The van der Waals surface area contributed by atoms with Crippen LogP contribution in [0.2, 0.25) is 0 Å². The Balaban J connectivity index is 2.08. The molecule has 1 fully saturated rings. The van der Waals surface area contributed by atoms with Crippen molar-refractivity contribution < 1.29 is 14.2 Å². The summed E-state index contributed by atoms with van der Waals surface area (Å²) in [5, 5.41) is 3.60. The highest BCUT2D eigenvalue weighted by atomic mass is 79.9. The van der Waals surface area contributed by atoms with Crippen molar-refractivity contribution in [2.24, 2.45) is 0 Å². The van der Waals surface area contributed by atoms with Gasteiger partial charge in [-0.1, -0.05) is 0 Å². The van der Waals surface area contributed by atoms with Gasteiger partial charge in [0.2, 0.25) is 0 Å². The lowest BCUT2D eigenvalue weighted by Crippen LogP contribution is -2.48. The van der Waals surface area contributed by atoms with E-state index < -0.39 is 0 Å². The van der Waals surface area contributed by atoms with Crippen LogP contribution in [-0.2, 0) is 11.3 Å². The highest BCUT2D eigenvalue weighted by molar-refractivity contribution is 9.10. The molecule has 1 saturated heterocycles. The summed E-state index contributed by atoms with van der Waals surface area (Å²) < 4.78 is 17.5. The van der Waals surface area contributed by atoms with Crippen LogP contribution in [0.4, 0.5) is 0 Å². The lowest BCUT2D eigenvalue weighted by atomic mass is 9.94. The maximum atomic E-state index is 5.62. The fourth-order valence-electron chi connectivity index (χ4n) is 2.55. The summed E-state index contributed by atoms with van der Waals surface area (Å²) in [5.41, 5.74) is 1.21. The largest absolute Gasteiger partial charge is 0.493 e. The zero-order valence-electron chi connectivity index (χ0n) is 13.0. The van der Waals surface area contributed by atoms with E-state index in [1.165, 1.54) is 0 Å². The van der Waals surface area contributed by atoms with Gasteiger partial charge in [-0.3, -0.25) is 0 Å². The van der Waals surface area contributed by atoms with Crippen molar-refractivity contribution in [1.82, 2.24) is 5.32 Å². The molecule has 1 aromatic carbocycles. The Bertz CT molecular complexity index is 473. The normalized spacial score (nSPS) is 22.1. The second-order valence-electron chi connectivity index (χ2n) is 5.61. The first kappa shape index (κ1) is 16.6. The van der Waals surface area contributed by atoms with Gasteiger partial charge in [0, 0.05) is 18.7 Å². The molecule has 118 valence electrons. The van der Waals surface area contributed by atoms with Gasteiger partial charge in [0.25, 0.3) is 0 Å². The van der Waals surface area contributed by atoms with Gasteiger partial charge in [-0.2, -0.15) is 0 Å². The van der Waals surface area contributed by atoms with E-state index >= 15 is 0 Å². The molecule has 5 heteroatoms. The first-order chi connectivity index (χ1) is 10.1. The number of hydrogen-bond donors (Lipinski definition) is 1. The molecule has 1 N–H and O–H groups in total. The van der Waals surface area contributed by atoms with Crippen molar-refractivity contribution in [2.45, 2.75) is 38.8 Å². The first-order valence-electron chi connectivity index (χ1n) is 7.40. The van der Waals surface area contributed by atoms with Crippen molar-refractivity contribution >= 4 is 15.9 Å². The smallest absolute Gasteiger partial charge is 0.175 e. The van der Waals surface area contributed by atoms with Gasteiger partial charge >= 0.3 is 0 Å². The van der Waals surface area contributed by atoms with Crippen LogP contribution in [0.1, 0.15) is 32.3 Å². The van der Waals surface area contributed by atoms with Crippen LogP contribution in [0.25, 0.3) is 0 Å². The molecule has 4 nitrogen and oxygen atoms in total. The summed E-state index contributed by atoms with van der Waals surface area (Å²) in [4.78, 5) is 0. The van der Waals surface area contributed by atoms with Crippen LogP contribution in [0, 0.1) is 0 Å². The molecule has 1 unspecified atom stereocenters. The van der Waals surface area contributed by atoms with Gasteiger partial charge in [0.1, 0.15) is 0 Å². The minimum atomic E-state index is 0.0521. The van der Waals surface area contributed by atoms with E-state index in [2.05, 4.69) is 34.2 Å². The highest BCUT2D eigenvalue weighted by Gasteiger charge is 2.26. The molecule has 0 bridgehead atoms. The number of methoxy groups -OCH3 is 1. The fourth-order valence-corrected chi connectivity index (χ4v) is 3.15. The van der Waals surface area contributed by atoms with Crippen molar-refractivity contribution in [3.63, 3.8) is 0 Å². The van der Waals surface area contributed by atoms with Crippen molar-refractivity contribution in [3.05, 3.63) is 22.2 Å². The summed E-state index contributed by atoms with van der Waals surface area (Å²) in [6, 6.07) is 4.10. The average molecular weight is 358 g/mol. The van der Waals surface area contributed by atoms with Crippen LogP contribution in [0.15, 0.2) is 16.6 Å². The second-order valence-corrected chi connectivity index (χ2v) is 6.47. The number of rotatable bonds is 6. The molecule has 1 aliphatic rings. The molecular weight excluding hydrogens is 334 g/mol. The Hall–Kier alpha value is -0.780. The molecule has 0 aromatic heterocycles. The summed E-state index contributed by atoms with van der Waals surface area (Å²) in [6.07, 6.45) is 2.25. The van der Waals surface area contributed by atoms with Crippen molar-refractivity contribution in [1.29, 1.82) is 0 Å². The number of nitrogens with one attached hydrogen (secondary N) is 1. The monoisotopic (exact) mass is 357 g/mol. The minimum Gasteiger partial charge on any atom is -0.493 e. The maximum Gasteiger partial charge on any atom is 0.175 e. The molecule has 1 aliphatic heterocycles. The van der Waals surface area contributed by atoms with Gasteiger partial charge < -0.3 is 19.5 Å². The van der Waals surface area contributed by atoms with E-state index in [-0.39, 0.29) is 5.54 Å². The SMILES string of the molecule is CCOc1c(Br)cc(CNC2(C)CCCOC2)cc1OC. The van der Waals surface area contributed by atoms with Crippen molar-refractivity contribution in [2.75, 3.05) is 26.9 Å². The molecule has 1 heterocycles. The Morgan fingerprint density at radius 1 is 1.43 bits per heavy atom. The number of halogens is 1. The molecular formula is C16H24BrNO3. The first-order valence-corrected chi connectivity index (χ1v) is 8.19.